The smallest absolute Gasteiger partial charge is 0.243 e. The number of piperidine rings is 1. The van der Waals surface area contributed by atoms with Gasteiger partial charge in [0.05, 0.1) is 9.92 Å². The van der Waals surface area contributed by atoms with Crippen molar-refractivity contribution in [2.75, 3.05) is 13.1 Å². The van der Waals surface area contributed by atoms with Crippen molar-refractivity contribution in [3.8, 4) is 0 Å². The fourth-order valence-corrected chi connectivity index (χ4v) is 5.06. The van der Waals surface area contributed by atoms with E-state index in [2.05, 4.69) is 14.8 Å². The second kappa shape index (κ2) is 6.34. The van der Waals surface area contributed by atoms with Crippen molar-refractivity contribution in [3.63, 3.8) is 0 Å². The summed E-state index contributed by atoms with van der Waals surface area (Å²) in [5.41, 5.74) is 0. The summed E-state index contributed by atoms with van der Waals surface area (Å²) in [6.07, 6.45) is 5.45. The summed E-state index contributed by atoms with van der Waals surface area (Å²) in [6.45, 7) is 0.814. The third-order valence-corrected chi connectivity index (χ3v) is 7.07. The number of benzene rings is 1. The molecule has 1 aromatic heterocycles. The lowest BCUT2D eigenvalue weighted by atomic mass is 10.1. The van der Waals surface area contributed by atoms with Gasteiger partial charge in [-0.05, 0) is 43.9 Å². The zero-order valence-electron chi connectivity index (χ0n) is 13.5. The van der Waals surface area contributed by atoms with E-state index in [9.17, 15) is 12.8 Å². The van der Waals surface area contributed by atoms with Gasteiger partial charge in [0.1, 0.15) is 18.0 Å². The number of nitrogens with zero attached hydrogens (tertiary/aromatic N) is 4. The molecular formula is C16H18ClFN4O2S. The Morgan fingerprint density at radius 1 is 1.16 bits per heavy atom. The lowest BCUT2D eigenvalue weighted by Crippen LogP contribution is -2.39. The maximum absolute atomic E-state index is 13.3. The Labute approximate surface area is 150 Å². The third-order valence-electron chi connectivity index (χ3n) is 4.89. The molecule has 6 nitrogen and oxygen atoms in total. The van der Waals surface area contributed by atoms with Crippen molar-refractivity contribution < 1.29 is 12.8 Å². The van der Waals surface area contributed by atoms with E-state index in [0.717, 1.165) is 24.7 Å². The molecule has 0 radical (unpaired) electrons. The predicted molar refractivity (Wildman–Crippen MR) is 90.4 cm³/mol. The summed E-state index contributed by atoms with van der Waals surface area (Å²) < 4.78 is 42.3. The molecular weight excluding hydrogens is 367 g/mol. The van der Waals surface area contributed by atoms with E-state index < -0.39 is 15.8 Å². The van der Waals surface area contributed by atoms with Crippen molar-refractivity contribution in [1.82, 2.24) is 19.1 Å². The molecule has 4 rings (SSSR count). The number of hydrogen-bond donors (Lipinski definition) is 0. The van der Waals surface area contributed by atoms with Gasteiger partial charge in [0, 0.05) is 25.0 Å². The van der Waals surface area contributed by atoms with Crippen molar-refractivity contribution in [3.05, 3.63) is 41.2 Å². The molecule has 2 aromatic rings. The Kier molecular flexibility index (Phi) is 4.29. The van der Waals surface area contributed by atoms with Crippen LogP contribution in [-0.4, -0.2) is 40.6 Å². The van der Waals surface area contributed by atoms with Crippen molar-refractivity contribution >= 4 is 21.6 Å². The van der Waals surface area contributed by atoms with Crippen LogP contribution in [0.5, 0.6) is 0 Å². The van der Waals surface area contributed by atoms with Gasteiger partial charge >= 0.3 is 0 Å². The zero-order chi connectivity index (χ0) is 17.6. The number of hydrogen-bond acceptors (Lipinski definition) is 4. The van der Waals surface area contributed by atoms with Crippen LogP contribution in [0.4, 0.5) is 4.39 Å². The predicted octanol–water partition coefficient (Wildman–Crippen LogP) is 2.97. The molecule has 0 amide bonds. The van der Waals surface area contributed by atoms with Gasteiger partial charge in [-0.1, -0.05) is 11.6 Å². The average Bonchev–Trinajstić information content (AvgIpc) is 3.34. The fourth-order valence-electron chi connectivity index (χ4n) is 3.31. The Morgan fingerprint density at radius 2 is 1.88 bits per heavy atom. The normalized spacial score (nSPS) is 20.1. The van der Waals surface area contributed by atoms with Gasteiger partial charge in [0.2, 0.25) is 10.0 Å². The van der Waals surface area contributed by atoms with E-state index in [4.69, 9.17) is 11.6 Å². The SMILES string of the molecule is O=S(=O)(c1ccc(F)c(Cl)c1)N1CCC(n2cnnc2C2CC2)CC1. The Morgan fingerprint density at radius 3 is 2.52 bits per heavy atom. The molecule has 1 aliphatic heterocycles. The van der Waals surface area contributed by atoms with E-state index in [0.29, 0.717) is 31.8 Å². The quantitative estimate of drug-likeness (QED) is 0.812. The summed E-state index contributed by atoms with van der Waals surface area (Å²) >= 11 is 5.73. The fraction of sp³-hybridized carbons (Fsp3) is 0.500. The molecule has 1 aliphatic carbocycles. The minimum atomic E-state index is -3.67. The molecule has 134 valence electrons. The molecule has 0 bridgehead atoms. The number of aromatic nitrogens is 3. The first-order valence-electron chi connectivity index (χ1n) is 8.31. The largest absolute Gasteiger partial charge is 0.314 e. The van der Waals surface area contributed by atoms with Crippen LogP contribution >= 0.6 is 11.6 Å². The zero-order valence-corrected chi connectivity index (χ0v) is 15.0. The Bertz CT molecular complexity index is 889. The molecule has 1 saturated carbocycles. The highest BCUT2D eigenvalue weighted by Crippen LogP contribution is 2.40. The van der Waals surface area contributed by atoms with Crippen LogP contribution in [0.2, 0.25) is 5.02 Å². The first-order chi connectivity index (χ1) is 12.0. The molecule has 1 saturated heterocycles. The summed E-state index contributed by atoms with van der Waals surface area (Å²) in [5, 5.41) is 8.05. The summed E-state index contributed by atoms with van der Waals surface area (Å²) in [6, 6.07) is 3.73. The van der Waals surface area contributed by atoms with Gasteiger partial charge in [-0.3, -0.25) is 0 Å². The molecule has 0 spiro atoms. The topological polar surface area (TPSA) is 68.1 Å². The van der Waals surface area contributed by atoms with Crippen LogP contribution in [0.15, 0.2) is 29.4 Å². The van der Waals surface area contributed by atoms with E-state index >= 15 is 0 Å². The molecule has 9 heteroatoms. The highest BCUT2D eigenvalue weighted by Gasteiger charge is 2.34. The minimum Gasteiger partial charge on any atom is -0.314 e. The van der Waals surface area contributed by atoms with Crippen LogP contribution in [0.25, 0.3) is 0 Å². The maximum Gasteiger partial charge on any atom is 0.243 e. The molecule has 0 unspecified atom stereocenters. The first kappa shape index (κ1) is 16.9. The van der Waals surface area contributed by atoms with E-state index in [1.54, 1.807) is 6.33 Å². The van der Waals surface area contributed by atoms with Crippen molar-refractivity contribution in [2.45, 2.75) is 42.5 Å². The number of rotatable bonds is 4. The molecule has 0 N–H and O–H groups in total. The first-order valence-corrected chi connectivity index (χ1v) is 10.1. The second-order valence-corrected chi connectivity index (χ2v) is 8.93. The van der Waals surface area contributed by atoms with E-state index in [1.165, 1.54) is 16.4 Å². The molecule has 2 fully saturated rings. The second-order valence-electron chi connectivity index (χ2n) is 6.58. The minimum absolute atomic E-state index is 0.0281. The molecule has 2 aliphatic rings. The van der Waals surface area contributed by atoms with Gasteiger partial charge in [-0.15, -0.1) is 10.2 Å². The van der Waals surface area contributed by atoms with Crippen LogP contribution in [0, 0.1) is 5.82 Å². The highest BCUT2D eigenvalue weighted by molar-refractivity contribution is 7.89. The summed E-state index contributed by atoms with van der Waals surface area (Å²) in [4.78, 5) is 0.0281. The molecule has 2 heterocycles. The summed E-state index contributed by atoms with van der Waals surface area (Å²) in [7, 11) is -3.67. The van der Waals surface area contributed by atoms with E-state index in [1.807, 2.05) is 0 Å². The van der Waals surface area contributed by atoms with Crippen LogP contribution in [0.1, 0.15) is 43.5 Å². The third kappa shape index (κ3) is 3.18. The van der Waals surface area contributed by atoms with Crippen molar-refractivity contribution in [1.29, 1.82) is 0 Å². The van der Waals surface area contributed by atoms with E-state index in [-0.39, 0.29) is 16.0 Å². The molecule has 0 atom stereocenters. The van der Waals surface area contributed by atoms with Crippen LogP contribution in [-0.2, 0) is 10.0 Å². The lowest BCUT2D eigenvalue weighted by molar-refractivity contribution is 0.270. The molecule has 25 heavy (non-hydrogen) atoms. The lowest BCUT2D eigenvalue weighted by Gasteiger charge is -2.32. The standard InChI is InChI=1S/C16H18ClFN4O2S/c17-14-9-13(3-4-15(14)18)25(23,24)21-7-5-12(6-8-21)22-10-19-20-16(22)11-1-2-11/h3-4,9-12H,1-2,5-8H2. The van der Waals surface area contributed by atoms with Gasteiger partial charge in [-0.25, -0.2) is 12.8 Å². The van der Waals surface area contributed by atoms with Gasteiger partial charge < -0.3 is 4.57 Å². The maximum atomic E-state index is 13.3. The number of sulfonamides is 1. The monoisotopic (exact) mass is 384 g/mol. The number of halogens is 2. The highest BCUT2D eigenvalue weighted by atomic mass is 35.5. The van der Waals surface area contributed by atoms with Crippen molar-refractivity contribution in [2.24, 2.45) is 0 Å². The Balaban J connectivity index is 1.49. The van der Waals surface area contributed by atoms with Gasteiger partial charge in [0.15, 0.2) is 0 Å². The summed E-state index contributed by atoms with van der Waals surface area (Å²) in [5.74, 6) is 0.900. The average molecular weight is 385 g/mol. The van der Waals surface area contributed by atoms with Crippen LogP contribution in [0.3, 0.4) is 0 Å². The van der Waals surface area contributed by atoms with Gasteiger partial charge in [0.25, 0.3) is 0 Å². The molecule has 1 aromatic carbocycles. The van der Waals surface area contributed by atoms with Crippen LogP contribution < -0.4 is 0 Å². The van der Waals surface area contributed by atoms with Gasteiger partial charge in [-0.2, -0.15) is 4.31 Å². The Hall–Kier alpha value is -1.51.